The van der Waals surface area contributed by atoms with Crippen molar-refractivity contribution >= 4 is 17.5 Å². The second-order valence-electron chi connectivity index (χ2n) is 6.93. The number of ether oxygens (including phenoxy) is 1. The van der Waals surface area contributed by atoms with Crippen molar-refractivity contribution in [3.05, 3.63) is 63.7 Å². The van der Waals surface area contributed by atoms with Gasteiger partial charge in [-0.25, -0.2) is 0 Å². The first-order chi connectivity index (χ1) is 13.6. The minimum atomic E-state index is -0.217. The van der Waals surface area contributed by atoms with E-state index in [9.17, 15) is 4.79 Å². The summed E-state index contributed by atoms with van der Waals surface area (Å²) in [7, 11) is 1.60. The van der Waals surface area contributed by atoms with Crippen LogP contribution in [0.3, 0.4) is 0 Å². The van der Waals surface area contributed by atoms with E-state index in [0.717, 1.165) is 46.0 Å². The molecule has 1 N–H and O–H groups in total. The second kappa shape index (κ2) is 7.81. The summed E-state index contributed by atoms with van der Waals surface area (Å²) in [4.78, 5) is 12.4. The molecule has 1 aromatic carbocycles. The SMILES string of the molecule is COCCNC(=O)c1oc2c(c1C)-c1nn(Cc3ccc(Cl)cc3)cc1CC2. The van der Waals surface area contributed by atoms with Gasteiger partial charge in [-0.3, -0.25) is 9.48 Å². The zero-order valence-electron chi connectivity index (χ0n) is 15.9. The second-order valence-corrected chi connectivity index (χ2v) is 7.37. The molecule has 146 valence electrons. The molecule has 4 rings (SSSR count). The molecule has 0 atom stereocenters. The number of nitrogens with one attached hydrogen (secondary N) is 1. The van der Waals surface area contributed by atoms with Gasteiger partial charge in [0, 0.05) is 42.4 Å². The molecule has 7 heteroatoms. The van der Waals surface area contributed by atoms with Gasteiger partial charge in [0.15, 0.2) is 5.76 Å². The highest BCUT2D eigenvalue weighted by atomic mass is 35.5. The van der Waals surface area contributed by atoms with Gasteiger partial charge in [0.05, 0.1) is 18.8 Å². The molecule has 2 aromatic heterocycles. The van der Waals surface area contributed by atoms with Crippen molar-refractivity contribution in [3.8, 4) is 11.3 Å². The molecule has 0 fully saturated rings. The zero-order valence-corrected chi connectivity index (χ0v) is 16.7. The minimum Gasteiger partial charge on any atom is -0.455 e. The number of furan rings is 1. The van der Waals surface area contributed by atoms with E-state index in [4.69, 9.17) is 25.9 Å². The predicted molar refractivity (Wildman–Crippen MR) is 107 cm³/mol. The third-order valence-electron chi connectivity index (χ3n) is 4.97. The van der Waals surface area contributed by atoms with Gasteiger partial charge in [0.25, 0.3) is 5.91 Å². The fourth-order valence-electron chi connectivity index (χ4n) is 3.58. The van der Waals surface area contributed by atoms with Gasteiger partial charge in [0.2, 0.25) is 0 Å². The number of aryl methyl sites for hydroxylation is 2. The number of hydrogen-bond acceptors (Lipinski definition) is 4. The summed E-state index contributed by atoms with van der Waals surface area (Å²) >= 11 is 5.97. The van der Waals surface area contributed by atoms with Gasteiger partial charge in [-0.1, -0.05) is 23.7 Å². The van der Waals surface area contributed by atoms with Crippen LogP contribution >= 0.6 is 11.6 Å². The molecule has 0 radical (unpaired) electrons. The van der Waals surface area contributed by atoms with Crippen LogP contribution in [0.15, 0.2) is 34.9 Å². The molecule has 1 amide bonds. The molecule has 0 saturated heterocycles. The van der Waals surface area contributed by atoms with Crippen LogP contribution in [-0.4, -0.2) is 35.9 Å². The highest BCUT2D eigenvalue weighted by Crippen LogP contribution is 2.38. The maximum Gasteiger partial charge on any atom is 0.287 e. The average Bonchev–Trinajstić information content (AvgIpc) is 3.24. The van der Waals surface area contributed by atoms with Crippen molar-refractivity contribution in [2.24, 2.45) is 0 Å². The number of rotatable bonds is 6. The summed E-state index contributed by atoms with van der Waals surface area (Å²) in [6, 6.07) is 7.76. The lowest BCUT2D eigenvalue weighted by Crippen LogP contribution is -2.27. The van der Waals surface area contributed by atoms with Crippen molar-refractivity contribution in [1.82, 2.24) is 15.1 Å². The molecule has 1 aliphatic carbocycles. The topological polar surface area (TPSA) is 69.3 Å². The monoisotopic (exact) mass is 399 g/mol. The van der Waals surface area contributed by atoms with E-state index in [1.807, 2.05) is 35.9 Å². The van der Waals surface area contributed by atoms with E-state index in [1.54, 1.807) is 7.11 Å². The van der Waals surface area contributed by atoms with Crippen LogP contribution in [0, 0.1) is 6.92 Å². The van der Waals surface area contributed by atoms with Crippen molar-refractivity contribution in [3.63, 3.8) is 0 Å². The Morgan fingerprint density at radius 2 is 2.11 bits per heavy atom. The molecule has 3 aromatic rings. The number of amides is 1. The molecule has 0 aliphatic heterocycles. The smallest absolute Gasteiger partial charge is 0.287 e. The number of halogens is 1. The third kappa shape index (κ3) is 3.57. The lowest BCUT2D eigenvalue weighted by Gasteiger charge is -2.09. The van der Waals surface area contributed by atoms with Crippen LogP contribution in [0.2, 0.25) is 5.02 Å². The summed E-state index contributed by atoms with van der Waals surface area (Å²) in [6.07, 6.45) is 3.69. The molecular formula is C21H22ClN3O3. The fraction of sp³-hybridized carbons (Fsp3) is 0.333. The Morgan fingerprint density at radius 3 is 2.86 bits per heavy atom. The maximum atomic E-state index is 12.4. The summed E-state index contributed by atoms with van der Waals surface area (Å²) in [5.74, 6) is 0.978. The van der Waals surface area contributed by atoms with Crippen molar-refractivity contribution in [2.75, 3.05) is 20.3 Å². The molecule has 2 heterocycles. The molecule has 0 saturated carbocycles. The average molecular weight is 400 g/mol. The van der Waals surface area contributed by atoms with Gasteiger partial charge in [0.1, 0.15) is 5.76 Å². The van der Waals surface area contributed by atoms with Crippen molar-refractivity contribution in [1.29, 1.82) is 0 Å². The standard InChI is InChI=1S/C21H22ClN3O3/c1-13-18-17(28-20(13)21(26)23-9-10-27-2)8-5-15-12-25(24-19(15)18)11-14-3-6-16(22)7-4-14/h3-4,6-7,12H,5,8-11H2,1-2H3,(H,23,26). The number of benzene rings is 1. The maximum absolute atomic E-state index is 12.4. The first kappa shape index (κ1) is 18.8. The Hall–Kier alpha value is -2.57. The van der Waals surface area contributed by atoms with Crippen molar-refractivity contribution in [2.45, 2.75) is 26.3 Å². The number of aromatic nitrogens is 2. The van der Waals surface area contributed by atoms with E-state index in [0.29, 0.717) is 25.5 Å². The molecule has 0 bridgehead atoms. The Labute approximate surface area is 168 Å². The normalized spacial score (nSPS) is 12.5. The molecule has 6 nitrogen and oxygen atoms in total. The van der Waals surface area contributed by atoms with Crippen LogP contribution in [0.25, 0.3) is 11.3 Å². The summed E-state index contributed by atoms with van der Waals surface area (Å²) in [5, 5.41) is 8.33. The zero-order chi connectivity index (χ0) is 19.7. The number of carbonyl (C=O) groups excluding carboxylic acids is 1. The number of hydrogen-bond donors (Lipinski definition) is 1. The summed E-state index contributed by atoms with van der Waals surface area (Å²) in [5.41, 5.74) is 5.01. The van der Waals surface area contributed by atoms with Crippen LogP contribution in [0.4, 0.5) is 0 Å². The molecule has 28 heavy (non-hydrogen) atoms. The van der Waals surface area contributed by atoms with Crippen LogP contribution in [0.5, 0.6) is 0 Å². The first-order valence-corrected chi connectivity index (χ1v) is 9.65. The van der Waals surface area contributed by atoms with Gasteiger partial charge in [-0.05, 0) is 36.6 Å². The Bertz CT molecular complexity index is 1000. The van der Waals surface area contributed by atoms with E-state index in [2.05, 4.69) is 11.5 Å². The van der Waals surface area contributed by atoms with Gasteiger partial charge >= 0.3 is 0 Å². The molecule has 0 unspecified atom stereocenters. The van der Waals surface area contributed by atoms with Crippen LogP contribution in [0.1, 0.15) is 33.0 Å². The van der Waals surface area contributed by atoms with E-state index < -0.39 is 0 Å². The van der Waals surface area contributed by atoms with Gasteiger partial charge < -0.3 is 14.5 Å². The Morgan fingerprint density at radius 1 is 1.32 bits per heavy atom. The van der Waals surface area contributed by atoms with E-state index in [1.165, 1.54) is 5.56 Å². The quantitative estimate of drug-likeness (QED) is 0.642. The Balaban J connectivity index is 1.61. The van der Waals surface area contributed by atoms with Gasteiger partial charge in [-0.2, -0.15) is 5.10 Å². The highest BCUT2D eigenvalue weighted by Gasteiger charge is 2.29. The van der Waals surface area contributed by atoms with Gasteiger partial charge in [-0.15, -0.1) is 0 Å². The number of methoxy groups -OCH3 is 1. The third-order valence-corrected chi connectivity index (χ3v) is 5.22. The van der Waals surface area contributed by atoms with E-state index >= 15 is 0 Å². The highest BCUT2D eigenvalue weighted by molar-refractivity contribution is 6.30. The van der Waals surface area contributed by atoms with Crippen LogP contribution in [-0.2, 0) is 24.1 Å². The summed E-state index contributed by atoms with van der Waals surface area (Å²) < 4.78 is 12.8. The molecule has 1 aliphatic rings. The largest absolute Gasteiger partial charge is 0.455 e. The lowest BCUT2D eigenvalue weighted by molar-refractivity contribution is 0.0907. The fourth-order valence-corrected chi connectivity index (χ4v) is 3.71. The van der Waals surface area contributed by atoms with Crippen LogP contribution < -0.4 is 5.32 Å². The number of nitrogens with zero attached hydrogens (tertiary/aromatic N) is 2. The molecular weight excluding hydrogens is 378 g/mol. The van der Waals surface area contributed by atoms with Crippen molar-refractivity contribution < 1.29 is 13.9 Å². The van der Waals surface area contributed by atoms with E-state index in [-0.39, 0.29) is 5.91 Å². The number of fused-ring (bicyclic) bond motifs is 3. The number of carbonyl (C=O) groups is 1. The predicted octanol–water partition coefficient (Wildman–Crippen LogP) is 3.63. The Kier molecular flexibility index (Phi) is 5.24. The minimum absolute atomic E-state index is 0.217. The first-order valence-electron chi connectivity index (χ1n) is 9.27. The lowest BCUT2D eigenvalue weighted by atomic mass is 9.93. The summed E-state index contributed by atoms with van der Waals surface area (Å²) in [6.45, 7) is 3.49. The molecule has 0 spiro atoms.